The van der Waals surface area contributed by atoms with Crippen LogP contribution < -0.4 is 15.9 Å². The number of halogens is 3. The molecule has 0 saturated carbocycles. The first-order valence-electron chi connectivity index (χ1n) is 9.12. The second-order valence-corrected chi connectivity index (χ2v) is 8.13. The van der Waals surface area contributed by atoms with Crippen molar-refractivity contribution in [1.29, 1.82) is 0 Å². The summed E-state index contributed by atoms with van der Waals surface area (Å²) in [7, 11) is -0.877. The summed E-state index contributed by atoms with van der Waals surface area (Å²) >= 11 is 0. The van der Waals surface area contributed by atoms with Crippen molar-refractivity contribution in [2.45, 2.75) is 0 Å². The first kappa shape index (κ1) is 32.6. The quantitative estimate of drug-likeness (QED) is 0.133. The summed E-state index contributed by atoms with van der Waals surface area (Å²) in [5.74, 6) is 0. The summed E-state index contributed by atoms with van der Waals surface area (Å²) in [6, 6.07) is 42.5. The molecule has 0 aromatic heterocycles. The van der Waals surface area contributed by atoms with Gasteiger partial charge in [-0.25, -0.2) is 12.1 Å². The van der Waals surface area contributed by atoms with Crippen LogP contribution in [0.25, 0.3) is 0 Å². The Kier molecular flexibility index (Phi) is 22.3. The third-order valence-electron chi connectivity index (χ3n) is 3.74. The minimum absolute atomic E-state index is 0. The zero-order valence-corrected chi connectivity index (χ0v) is 20.4. The minimum Gasteiger partial charge on any atom is -0.214 e. The predicted octanol–water partition coefficient (Wildman–Crippen LogP) is 5.85. The molecule has 33 heavy (non-hydrogen) atoms. The summed E-state index contributed by atoms with van der Waals surface area (Å²) < 4.78 is 43.8. The van der Waals surface area contributed by atoms with Crippen LogP contribution in [0.2, 0.25) is 0 Å². The van der Waals surface area contributed by atoms with Crippen LogP contribution in [0.5, 0.6) is 0 Å². The van der Waals surface area contributed by atoms with Gasteiger partial charge in [0.1, 0.15) is 15.9 Å². The number of hydrogen-bond donors (Lipinski definition) is 0. The van der Waals surface area contributed by atoms with Crippen molar-refractivity contribution in [3.63, 3.8) is 0 Å². The van der Waals surface area contributed by atoms with Gasteiger partial charge in [-0.2, -0.15) is 18.2 Å². The molecule has 2 nitrogen and oxygen atoms in total. The van der Waals surface area contributed by atoms with Crippen molar-refractivity contribution < 1.29 is 43.5 Å². The van der Waals surface area contributed by atoms with E-state index in [-0.39, 0.29) is 21.1 Å². The molecule has 0 heterocycles. The van der Waals surface area contributed by atoms with E-state index in [4.69, 9.17) is 9.30 Å². The standard InChI is InChI=1S/C18H15P.C5H5.CF3.2CO.Mo/c1-4-10-16(11-5-1)19(17-12-6-2-7-13-17)18-14-8-3-9-15-18;1-2-4-5-3-1;2-1(3)4;2*1-2;/h1-15H;1-5H;;;;/q;2*-1;;;/p+1. The third kappa shape index (κ3) is 15.0. The fourth-order valence-corrected chi connectivity index (χ4v) is 5.21. The average molecular weight is 549 g/mol. The molecule has 0 N–H and O–H groups in total. The largest absolute Gasteiger partial charge is 0.214 e. The van der Waals surface area contributed by atoms with Crippen LogP contribution in [-0.2, 0) is 30.4 Å². The van der Waals surface area contributed by atoms with Gasteiger partial charge in [-0.15, -0.1) is 0 Å². The van der Waals surface area contributed by atoms with E-state index in [0.29, 0.717) is 0 Å². The molecule has 0 bridgehead atoms. The summed E-state index contributed by atoms with van der Waals surface area (Å²) in [6.07, 6.45) is 0. The van der Waals surface area contributed by atoms with Crippen LogP contribution >= 0.6 is 7.92 Å². The van der Waals surface area contributed by atoms with E-state index < -0.39 is 14.6 Å². The maximum atomic E-state index is 9.58. The van der Waals surface area contributed by atoms with E-state index in [1.54, 1.807) is 0 Å². The number of hydrogen-bond acceptors (Lipinski definition) is 0. The molecular formula is C26H21F3MoO2P-. The van der Waals surface area contributed by atoms with Crippen LogP contribution in [0, 0.1) is 20.0 Å². The molecule has 0 saturated heterocycles. The molecule has 4 aromatic rings. The molecule has 170 valence electrons. The van der Waals surface area contributed by atoms with Gasteiger partial charge in [0.15, 0.2) is 6.68 Å². The summed E-state index contributed by atoms with van der Waals surface area (Å²) in [6.45, 7) is 5.92. The van der Waals surface area contributed by atoms with E-state index in [1.807, 2.05) is 30.3 Å². The fraction of sp³-hybridized carbons (Fsp3) is 0. The van der Waals surface area contributed by atoms with Gasteiger partial charge < -0.3 is 13.2 Å². The van der Waals surface area contributed by atoms with Gasteiger partial charge in [-0.05, 0) is 36.4 Å². The summed E-state index contributed by atoms with van der Waals surface area (Å²) in [4.78, 5) is 0. The zero-order valence-electron chi connectivity index (χ0n) is 17.4. The molecular weight excluding hydrogens is 528 g/mol. The molecule has 4 aromatic carbocycles. The van der Waals surface area contributed by atoms with Crippen LogP contribution in [0.15, 0.2) is 121 Å². The first-order valence-corrected chi connectivity index (χ1v) is 10.6. The Morgan fingerprint density at radius 2 is 0.788 bits per heavy atom. The van der Waals surface area contributed by atoms with E-state index in [1.165, 1.54) is 15.9 Å². The molecule has 0 aliphatic carbocycles. The maximum absolute atomic E-state index is 9.58. The molecule has 0 spiro atoms. The van der Waals surface area contributed by atoms with Crippen molar-refractivity contribution >= 4 is 23.8 Å². The Hall–Kier alpha value is -2.60. The molecule has 0 radical (unpaired) electrons. The van der Waals surface area contributed by atoms with Gasteiger partial charge in [0.2, 0.25) is 0 Å². The Bertz CT molecular complexity index is 829. The molecule has 0 aliphatic rings. The van der Waals surface area contributed by atoms with Crippen molar-refractivity contribution in [3.8, 4) is 0 Å². The van der Waals surface area contributed by atoms with E-state index >= 15 is 0 Å². The summed E-state index contributed by atoms with van der Waals surface area (Å²) in [5, 5.41) is 4.31. The van der Waals surface area contributed by atoms with Crippen LogP contribution in [0.3, 0.4) is 0 Å². The van der Waals surface area contributed by atoms with Crippen LogP contribution in [-0.4, -0.2) is 0 Å². The molecule has 7 heteroatoms. The number of rotatable bonds is 3. The molecule has 0 aliphatic heterocycles. The van der Waals surface area contributed by atoms with Crippen molar-refractivity contribution in [3.05, 3.63) is 141 Å². The zero-order chi connectivity index (χ0) is 24.0. The molecule has 4 rings (SSSR count). The Labute approximate surface area is 208 Å². The fourth-order valence-electron chi connectivity index (χ4n) is 2.64. The molecule has 0 atom stereocenters. The Balaban J connectivity index is 0. The van der Waals surface area contributed by atoms with Gasteiger partial charge in [-0.1, -0.05) is 54.6 Å². The van der Waals surface area contributed by atoms with Gasteiger partial charge in [-0.3, -0.25) is 0 Å². The molecule has 0 unspecified atom stereocenters. The van der Waals surface area contributed by atoms with Crippen molar-refractivity contribution in [1.82, 2.24) is 0 Å². The monoisotopic (exact) mass is 551 g/mol. The average Bonchev–Trinajstić information content (AvgIpc) is 3.44. The topological polar surface area (TPSA) is 39.8 Å². The normalized spacial score (nSPS) is 8.52. The summed E-state index contributed by atoms with van der Waals surface area (Å²) in [5.41, 5.74) is 0. The molecule has 0 amide bonds. The Morgan fingerprint density at radius 3 is 0.970 bits per heavy atom. The minimum atomic E-state index is -3.08. The van der Waals surface area contributed by atoms with E-state index in [0.717, 1.165) is 0 Å². The van der Waals surface area contributed by atoms with Gasteiger partial charge in [0.25, 0.3) is 0 Å². The van der Waals surface area contributed by atoms with E-state index in [2.05, 4.69) is 104 Å². The van der Waals surface area contributed by atoms with Crippen LogP contribution in [0.1, 0.15) is 0 Å². The SMILES string of the molecule is F[C-](F)F.[C-]#[O+].[C-]#[O+].[Mo].c1cc[cH-]c1.c1ccc([PH+](c2ccccc2)c2ccccc2)cc1. The van der Waals surface area contributed by atoms with Crippen molar-refractivity contribution in [2.24, 2.45) is 0 Å². The third-order valence-corrected chi connectivity index (χ3v) is 6.47. The smallest absolute Gasteiger partial charge is 0.102 e. The van der Waals surface area contributed by atoms with Gasteiger partial charge in [0.05, 0.1) is 7.92 Å². The number of benzene rings is 3. The van der Waals surface area contributed by atoms with Crippen molar-refractivity contribution in [2.75, 3.05) is 0 Å². The molecule has 0 fully saturated rings. The van der Waals surface area contributed by atoms with Gasteiger partial charge in [0, 0.05) is 21.1 Å². The second-order valence-electron chi connectivity index (χ2n) is 5.65. The Morgan fingerprint density at radius 1 is 0.545 bits per heavy atom. The van der Waals surface area contributed by atoms with Crippen LogP contribution in [0.4, 0.5) is 13.2 Å². The predicted molar refractivity (Wildman–Crippen MR) is 123 cm³/mol. The first-order chi connectivity index (χ1) is 15.7. The van der Waals surface area contributed by atoms with Gasteiger partial charge >= 0.3 is 22.6 Å². The van der Waals surface area contributed by atoms with E-state index in [9.17, 15) is 13.2 Å². The maximum Gasteiger partial charge on any atom is 0.102 e. The second kappa shape index (κ2) is 22.6.